The van der Waals surface area contributed by atoms with Crippen molar-refractivity contribution in [3.05, 3.63) is 30.0 Å². The van der Waals surface area contributed by atoms with Crippen molar-refractivity contribution in [2.24, 2.45) is 12.8 Å². The molecule has 1 heterocycles. The second-order valence-corrected chi connectivity index (χ2v) is 3.29. The van der Waals surface area contributed by atoms with E-state index in [1.165, 1.54) is 0 Å². The van der Waals surface area contributed by atoms with Crippen LogP contribution in [0.5, 0.6) is 0 Å². The number of hydrogen-bond acceptors (Lipinski definition) is 2. The summed E-state index contributed by atoms with van der Waals surface area (Å²) in [5.74, 6) is 0. The van der Waals surface area contributed by atoms with Gasteiger partial charge in [0.1, 0.15) is 10.7 Å². The van der Waals surface area contributed by atoms with Crippen molar-refractivity contribution in [1.29, 1.82) is 0 Å². The molecule has 0 amide bonds. The van der Waals surface area contributed by atoms with Gasteiger partial charge in [0.05, 0.1) is 5.52 Å². The van der Waals surface area contributed by atoms with Gasteiger partial charge in [0.15, 0.2) is 0 Å². The smallest absolute Gasteiger partial charge is 0.123 e. The van der Waals surface area contributed by atoms with Gasteiger partial charge < -0.3 is 5.73 Å². The summed E-state index contributed by atoms with van der Waals surface area (Å²) in [6.45, 7) is 0. The van der Waals surface area contributed by atoms with E-state index in [9.17, 15) is 0 Å². The lowest BCUT2D eigenvalue weighted by molar-refractivity contribution is 0.772. The van der Waals surface area contributed by atoms with Gasteiger partial charge in [-0.25, -0.2) is 0 Å². The minimum atomic E-state index is 0.385. The van der Waals surface area contributed by atoms with Gasteiger partial charge >= 0.3 is 0 Å². The van der Waals surface area contributed by atoms with Gasteiger partial charge in [0.25, 0.3) is 0 Å². The molecule has 66 valence electrons. The minimum Gasteiger partial charge on any atom is -0.388 e. The Balaban J connectivity index is 2.86. The third-order valence-corrected chi connectivity index (χ3v) is 2.17. The molecule has 3 nitrogen and oxygen atoms in total. The molecule has 13 heavy (non-hydrogen) atoms. The van der Waals surface area contributed by atoms with Gasteiger partial charge in [-0.3, -0.25) is 4.68 Å². The minimum absolute atomic E-state index is 0.385. The maximum absolute atomic E-state index is 5.60. The summed E-state index contributed by atoms with van der Waals surface area (Å²) in [5.41, 5.74) is 7.34. The van der Waals surface area contributed by atoms with Gasteiger partial charge in [0, 0.05) is 12.4 Å². The molecular formula is C9H9N3S. The number of nitrogens with zero attached hydrogens (tertiary/aromatic N) is 2. The molecule has 0 aliphatic carbocycles. The molecule has 0 atom stereocenters. The van der Waals surface area contributed by atoms with Gasteiger partial charge in [-0.1, -0.05) is 30.4 Å². The van der Waals surface area contributed by atoms with Crippen molar-refractivity contribution in [2.45, 2.75) is 0 Å². The zero-order chi connectivity index (χ0) is 9.42. The Hall–Kier alpha value is -1.42. The highest BCUT2D eigenvalue weighted by molar-refractivity contribution is 7.80. The van der Waals surface area contributed by atoms with Gasteiger partial charge in [-0.2, -0.15) is 5.10 Å². The van der Waals surface area contributed by atoms with Crippen molar-refractivity contribution >= 4 is 28.1 Å². The predicted octanol–water partition coefficient (Wildman–Crippen LogP) is 1.21. The maximum Gasteiger partial charge on any atom is 0.123 e. The fraction of sp³-hybridized carbons (Fsp3) is 0.111. The Morgan fingerprint density at radius 2 is 2.15 bits per heavy atom. The Kier molecular flexibility index (Phi) is 1.77. The van der Waals surface area contributed by atoms with Crippen LogP contribution in [0.15, 0.2) is 24.3 Å². The quantitative estimate of drug-likeness (QED) is 0.689. The van der Waals surface area contributed by atoms with Crippen molar-refractivity contribution < 1.29 is 0 Å². The van der Waals surface area contributed by atoms with E-state index in [0.717, 1.165) is 16.6 Å². The second kappa shape index (κ2) is 2.81. The number of hydrogen-bond donors (Lipinski definition) is 1. The lowest BCUT2D eigenvalue weighted by Gasteiger charge is -1.97. The van der Waals surface area contributed by atoms with Crippen molar-refractivity contribution in [2.75, 3.05) is 0 Å². The first kappa shape index (κ1) is 8.19. The first-order valence-corrected chi connectivity index (χ1v) is 4.32. The molecule has 0 aliphatic rings. The molecule has 0 bridgehead atoms. The van der Waals surface area contributed by atoms with Crippen LogP contribution < -0.4 is 5.73 Å². The highest BCUT2D eigenvalue weighted by atomic mass is 32.1. The lowest BCUT2D eigenvalue weighted by Crippen LogP contribution is -2.14. The number of rotatable bonds is 1. The van der Waals surface area contributed by atoms with E-state index in [1.54, 1.807) is 4.68 Å². The van der Waals surface area contributed by atoms with Crippen molar-refractivity contribution in [1.82, 2.24) is 9.78 Å². The van der Waals surface area contributed by atoms with Crippen LogP contribution in [0.4, 0.5) is 0 Å². The normalized spacial score (nSPS) is 10.5. The number of aryl methyl sites for hydroxylation is 1. The third kappa shape index (κ3) is 1.19. The number of aromatic nitrogens is 2. The lowest BCUT2D eigenvalue weighted by atomic mass is 10.2. The van der Waals surface area contributed by atoms with E-state index in [0.29, 0.717) is 4.99 Å². The highest BCUT2D eigenvalue weighted by Crippen LogP contribution is 2.16. The first-order valence-electron chi connectivity index (χ1n) is 3.91. The molecule has 0 unspecified atom stereocenters. The third-order valence-electron chi connectivity index (χ3n) is 1.97. The zero-order valence-corrected chi connectivity index (χ0v) is 8.01. The van der Waals surface area contributed by atoms with Crippen LogP contribution in [-0.4, -0.2) is 14.8 Å². The SMILES string of the molecule is Cn1nc2ccccc2c1C(N)=S. The number of thiocarbonyl (C=S) groups is 1. The van der Waals surface area contributed by atoms with E-state index < -0.39 is 0 Å². The topological polar surface area (TPSA) is 43.8 Å². The van der Waals surface area contributed by atoms with Crippen molar-refractivity contribution in [3.8, 4) is 0 Å². The van der Waals surface area contributed by atoms with E-state index in [-0.39, 0.29) is 0 Å². The summed E-state index contributed by atoms with van der Waals surface area (Å²) in [4.78, 5) is 0.385. The Labute approximate surface area is 81.1 Å². The summed E-state index contributed by atoms with van der Waals surface area (Å²) < 4.78 is 1.72. The monoisotopic (exact) mass is 191 g/mol. The second-order valence-electron chi connectivity index (χ2n) is 2.85. The van der Waals surface area contributed by atoms with Crippen LogP contribution in [0.1, 0.15) is 5.69 Å². The maximum atomic E-state index is 5.60. The molecule has 2 N–H and O–H groups in total. The Bertz CT molecular complexity index is 473. The highest BCUT2D eigenvalue weighted by Gasteiger charge is 2.09. The molecule has 1 aromatic heterocycles. The Morgan fingerprint density at radius 3 is 2.85 bits per heavy atom. The van der Waals surface area contributed by atoms with Crippen LogP contribution in [0.2, 0.25) is 0 Å². The van der Waals surface area contributed by atoms with E-state index in [1.807, 2.05) is 31.3 Å². The molecule has 2 aromatic rings. The summed E-state index contributed by atoms with van der Waals surface area (Å²) >= 11 is 4.95. The van der Waals surface area contributed by atoms with Gasteiger partial charge in [0.2, 0.25) is 0 Å². The van der Waals surface area contributed by atoms with Crippen LogP contribution in [-0.2, 0) is 7.05 Å². The average Bonchev–Trinajstić information content (AvgIpc) is 2.39. The Morgan fingerprint density at radius 1 is 1.46 bits per heavy atom. The first-order chi connectivity index (χ1) is 6.20. The fourth-order valence-electron chi connectivity index (χ4n) is 1.44. The predicted molar refractivity (Wildman–Crippen MR) is 56.6 cm³/mol. The molecule has 2 rings (SSSR count). The van der Waals surface area contributed by atoms with Gasteiger partial charge in [-0.05, 0) is 6.07 Å². The molecule has 0 radical (unpaired) electrons. The summed E-state index contributed by atoms with van der Waals surface area (Å²) in [6.07, 6.45) is 0. The van der Waals surface area contributed by atoms with E-state index in [2.05, 4.69) is 5.10 Å². The standard InChI is InChI=1S/C9H9N3S/c1-12-8(9(10)13)6-4-2-3-5-7(6)11-12/h2-5H,1H3,(H2,10,13). The fourth-order valence-corrected chi connectivity index (χ4v) is 1.68. The summed E-state index contributed by atoms with van der Waals surface area (Å²) in [7, 11) is 1.84. The summed E-state index contributed by atoms with van der Waals surface area (Å²) in [6, 6.07) is 7.80. The molecule has 0 saturated carbocycles. The summed E-state index contributed by atoms with van der Waals surface area (Å²) in [5, 5.41) is 5.30. The van der Waals surface area contributed by atoms with Crippen LogP contribution in [0.3, 0.4) is 0 Å². The molecule has 0 saturated heterocycles. The number of benzene rings is 1. The number of nitrogens with two attached hydrogens (primary N) is 1. The molecule has 0 spiro atoms. The van der Waals surface area contributed by atoms with E-state index >= 15 is 0 Å². The van der Waals surface area contributed by atoms with Crippen LogP contribution in [0, 0.1) is 0 Å². The van der Waals surface area contributed by atoms with Crippen LogP contribution in [0.25, 0.3) is 10.9 Å². The van der Waals surface area contributed by atoms with Crippen molar-refractivity contribution in [3.63, 3.8) is 0 Å². The molecule has 1 aromatic carbocycles. The number of fused-ring (bicyclic) bond motifs is 1. The average molecular weight is 191 g/mol. The zero-order valence-electron chi connectivity index (χ0n) is 7.19. The molecular weight excluding hydrogens is 182 g/mol. The molecule has 0 fully saturated rings. The molecule has 0 aliphatic heterocycles. The van der Waals surface area contributed by atoms with E-state index in [4.69, 9.17) is 18.0 Å². The van der Waals surface area contributed by atoms with Gasteiger partial charge in [-0.15, -0.1) is 0 Å². The molecule has 4 heteroatoms. The van der Waals surface area contributed by atoms with Crippen LogP contribution >= 0.6 is 12.2 Å². The largest absolute Gasteiger partial charge is 0.388 e.